The van der Waals surface area contributed by atoms with Crippen LogP contribution in [0.1, 0.15) is 5.56 Å². The molecule has 0 saturated carbocycles. The van der Waals surface area contributed by atoms with Crippen molar-refractivity contribution in [2.45, 2.75) is 6.61 Å². The number of pyridine rings is 1. The Morgan fingerprint density at radius 3 is 2.85 bits per heavy atom. The first-order valence-corrected chi connectivity index (χ1v) is 6.18. The van der Waals surface area contributed by atoms with E-state index in [9.17, 15) is 10.1 Å². The molecule has 2 rings (SSSR count). The minimum atomic E-state index is -0.491. The van der Waals surface area contributed by atoms with Gasteiger partial charge in [0.25, 0.3) is 5.69 Å². The highest BCUT2D eigenvalue weighted by Crippen LogP contribution is 2.22. The van der Waals surface area contributed by atoms with Gasteiger partial charge >= 0.3 is 0 Å². The number of benzene rings is 1. The summed E-state index contributed by atoms with van der Waals surface area (Å²) in [5.74, 6) is 0.559. The number of anilines is 1. The van der Waals surface area contributed by atoms with Crippen LogP contribution in [0.25, 0.3) is 0 Å². The highest BCUT2D eigenvalue weighted by atomic mass is 35.5. The van der Waals surface area contributed by atoms with Crippen LogP contribution < -0.4 is 10.1 Å². The Bertz CT molecular complexity index is 634. The van der Waals surface area contributed by atoms with Crippen molar-refractivity contribution in [1.29, 1.82) is 0 Å². The van der Waals surface area contributed by atoms with Gasteiger partial charge in [-0.1, -0.05) is 23.7 Å². The van der Waals surface area contributed by atoms with Gasteiger partial charge in [-0.05, 0) is 17.7 Å². The molecule has 0 aliphatic carbocycles. The molecule has 0 saturated heterocycles. The lowest BCUT2D eigenvalue weighted by atomic mass is 10.2. The highest BCUT2D eigenvalue weighted by molar-refractivity contribution is 6.30. The maximum Gasteiger partial charge on any atom is 0.278 e. The van der Waals surface area contributed by atoms with Crippen molar-refractivity contribution in [3.63, 3.8) is 0 Å². The van der Waals surface area contributed by atoms with E-state index < -0.39 is 4.92 Å². The van der Waals surface area contributed by atoms with E-state index in [1.54, 1.807) is 25.2 Å². The predicted octanol–water partition coefficient (Wildman–Crippen LogP) is 3.26. The fourth-order valence-electron chi connectivity index (χ4n) is 1.58. The molecule has 1 aromatic carbocycles. The van der Waals surface area contributed by atoms with Crippen LogP contribution in [0.5, 0.6) is 5.88 Å². The second-order valence-electron chi connectivity index (χ2n) is 3.97. The van der Waals surface area contributed by atoms with Gasteiger partial charge in [0.2, 0.25) is 5.88 Å². The average molecular weight is 294 g/mol. The van der Waals surface area contributed by atoms with Crippen molar-refractivity contribution in [2.24, 2.45) is 0 Å². The Balaban J connectivity index is 2.16. The van der Waals surface area contributed by atoms with Crippen LogP contribution in [0.15, 0.2) is 36.4 Å². The molecular weight excluding hydrogens is 282 g/mol. The van der Waals surface area contributed by atoms with Crippen LogP contribution in [-0.4, -0.2) is 17.0 Å². The lowest BCUT2D eigenvalue weighted by Gasteiger charge is -2.07. The van der Waals surface area contributed by atoms with Gasteiger partial charge in [0, 0.05) is 12.1 Å². The molecule has 0 bridgehead atoms. The quantitative estimate of drug-likeness (QED) is 0.676. The van der Waals surface area contributed by atoms with Crippen LogP contribution in [0, 0.1) is 10.1 Å². The van der Waals surface area contributed by atoms with Gasteiger partial charge in [0.15, 0.2) is 0 Å². The molecule has 0 spiro atoms. The van der Waals surface area contributed by atoms with E-state index in [1.165, 1.54) is 12.1 Å². The Kier molecular flexibility index (Phi) is 4.37. The normalized spacial score (nSPS) is 10.1. The van der Waals surface area contributed by atoms with Crippen LogP contribution >= 0.6 is 11.6 Å². The average Bonchev–Trinajstić information content (AvgIpc) is 2.45. The molecule has 0 atom stereocenters. The molecule has 0 unspecified atom stereocenters. The minimum Gasteiger partial charge on any atom is -0.473 e. The molecule has 0 aliphatic rings. The van der Waals surface area contributed by atoms with Crippen LogP contribution in [0.2, 0.25) is 5.02 Å². The van der Waals surface area contributed by atoms with Gasteiger partial charge in [0.05, 0.1) is 17.1 Å². The van der Waals surface area contributed by atoms with E-state index >= 15 is 0 Å². The van der Waals surface area contributed by atoms with E-state index in [0.29, 0.717) is 10.8 Å². The summed E-state index contributed by atoms with van der Waals surface area (Å²) in [5.41, 5.74) is 0.780. The van der Waals surface area contributed by atoms with Crippen molar-refractivity contribution in [2.75, 3.05) is 12.4 Å². The number of nitrogens with one attached hydrogen (secondary N) is 1. The number of aromatic nitrogens is 1. The largest absolute Gasteiger partial charge is 0.473 e. The van der Waals surface area contributed by atoms with Gasteiger partial charge in [-0.2, -0.15) is 4.98 Å². The molecule has 20 heavy (non-hydrogen) atoms. The van der Waals surface area contributed by atoms with Crippen molar-refractivity contribution < 1.29 is 9.66 Å². The fraction of sp³-hybridized carbons (Fsp3) is 0.154. The maximum absolute atomic E-state index is 10.8. The zero-order chi connectivity index (χ0) is 14.5. The first-order chi connectivity index (χ1) is 9.58. The monoisotopic (exact) mass is 293 g/mol. The van der Waals surface area contributed by atoms with E-state index in [0.717, 1.165) is 5.56 Å². The van der Waals surface area contributed by atoms with Gasteiger partial charge in [-0.3, -0.25) is 10.1 Å². The molecule has 2 aromatic rings. The van der Waals surface area contributed by atoms with Gasteiger partial charge in [-0.25, -0.2) is 0 Å². The summed E-state index contributed by atoms with van der Waals surface area (Å²) in [6, 6.07) is 9.80. The van der Waals surface area contributed by atoms with Crippen molar-refractivity contribution >= 4 is 23.1 Å². The van der Waals surface area contributed by atoms with Crippen LogP contribution in [0.4, 0.5) is 11.5 Å². The third-order valence-electron chi connectivity index (χ3n) is 2.53. The number of ether oxygens (including phenoxy) is 1. The smallest absolute Gasteiger partial charge is 0.278 e. The molecule has 6 nitrogen and oxygen atoms in total. The summed E-state index contributed by atoms with van der Waals surface area (Å²) >= 11 is 5.87. The third-order valence-corrected chi connectivity index (χ3v) is 2.76. The van der Waals surface area contributed by atoms with Gasteiger partial charge in [0.1, 0.15) is 12.4 Å². The number of hydrogen-bond acceptors (Lipinski definition) is 5. The molecular formula is C13H12ClN3O3. The standard InChI is InChI=1S/C13H12ClN3O3/c1-15-12-6-11(17(18)19)7-13(16-12)20-8-9-3-2-4-10(14)5-9/h2-7H,8H2,1H3,(H,15,16). The first-order valence-electron chi connectivity index (χ1n) is 5.80. The summed E-state index contributed by atoms with van der Waals surface area (Å²) in [6.07, 6.45) is 0. The molecule has 104 valence electrons. The fourth-order valence-corrected chi connectivity index (χ4v) is 1.80. The van der Waals surface area contributed by atoms with E-state index in [4.69, 9.17) is 16.3 Å². The van der Waals surface area contributed by atoms with Crippen LogP contribution in [0.3, 0.4) is 0 Å². The maximum atomic E-state index is 10.8. The summed E-state index contributed by atoms with van der Waals surface area (Å²) in [7, 11) is 1.63. The van der Waals surface area contributed by atoms with E-state index in [-0.39, 0.29) is 18.2 Å². The third kappa shape index (κ3) is 3.58. The Labute approximate surface area is 120 Å². The van der Waals surface area contributed by atoms with E-state index in [1.807, 2.05) is 6.07 Å². The second-order valence-corrected chi connectivity index (χ2v) is 4.41. The number of halogens is 1. The van der Waals surface area contributed by atoms with Crippen molar-refractivity contribution in [3.8, 4) is 5.88 Å². The summed E-state index contributed by atoms with van der Waals surface area (Å²) < 4.78 is 5.47. The summed E-state index contributed by atoms with van der Waals surface area (Å²) in [4.78, 5) is 14.4. The number of hydrogen-bond donors (Lipinski definition) is 1. The lowest BCUT2D eigenvalue weighted by molar-refractivity contribution is -0.384. The van der Waals surface area contributed by atoms with Crippen LogP contribution in [-0.2, 0) is 6.61 Å². The Morgan fingerprint density at radius 2 is 2.20 bits per heavy atom. The number of nitrogens with zero attached hydrogens (tertiary/aromatic N) is 2. The zero-order valence-electron chi connectivity index (χ0n) is 10.7. The molecule has 1 N–H and O–H groups in total. The predicted molar refractivity (Wildman–Crippen MR) is 76.2 cm³/mol. The zero-order valence-corrected chi connectivity index (χ0v) is 11.4. The molecule has 0 radical (unpaired) electrons. The topological polar surface area (TPSA) is 77.3 Å². The van der Waals surface area contributed by atoms with Crippen molar-refractivity contribution in [1.82, 2.24) is 4.98 Å². The first kappa shape index (κ1) is 14.1. The molecule has 0 aliphatic heterocycles. The van der Waals surface area contributed by atoms with Crippen molar-refractivity contribution in [3.05, 3.63) is 57.1 Å². The lowest BCUT2D eigenvalue weighted by Crippen LogP contribution is -2.01. The SMILES string of the molecule is CNc1cc([N+](=O)[O-])cc(OCc2cccc(Cl)c2)n1. The molecule has 1 aromatic heterocycles. The second kappa shape index (κ2) is 6.21. The highest BCUT2D eigenvalue weighted by Gasteiger charge is 2.11. The molecule has 0 fully saturated rings. The van der Waals surface area contributed by atoms with E-state index in [2.05, 4.69) is 10.3 Å². The number of rotatable bonds is 5. The minimum absolute atomic E-state index is 0.0783. The van der Waals surface area contributed by atoms with Gasteiger partial charge < -0.3 is 10.1 Å². The van der Waals surface area contributed by atoms with Gasteiger partial charge in [-0.15, -0.1) is 0 Å². The molecule has 0 amide bonds. The molecule has 1 heterocycles. The summed E-state index contributed by atoms with van der Waals surface area (Å²) in [6.45, 7) is 0.234. The Hall–Kier alpha value is -2.34. The summed E-state index contributed by atoms with van der Waals surface area (Å²) in [5, 5.41) is 14.2. The Morgan fingerprint density at radius 1 is 1.40 bits per heavy atom. The number of nitro groups is 1. The molecule has 7 heteroatoms.